The van der Waals surface area contributed by atoms with Gasteiger partial charge in [-0.05, 0) is 81.5 Å². The first kappa shape index (κ1) is 37.7. The van der Waals surface area contributed by atoms with Crippen LogP contribution < -0.4 is 26.5 Å². The van der Waals surface area contributed by atoms with E-state index >= 15 is 0 Å². The number of rotatable bonds is 6. The number of hydrazine groups is 2. The molecule has 3 aliphatic heterocycles. The van der Waals surface area contributed by atoms with E-state index in [2.05, 4.69) is 21.5 Å². The highest BCUT2D eigenvalue weighted by atomic mass is 16.5. The molecular weight excluding hydrogens is 654 g/mol. The lowest BCUT2D eigenvalue weighted by Gasteiger charge is -2.36. The predicted molar refractivity (Wildman–Crippen MR) is 191 cm³/mol. The molecule has 1 aromatic carbocycles. The second-order valence-electron chi connectivity index (χ2n) is 14.6. The van der Waals surface area contributed by atoms with E-state index in [1.165, 1.54) is 10.0 Å². The third kappa shape index (κ3) is 9.82. The third-order valence-corrected chi connectivity index (χ3v) is 9.61. The number of anilines is 1. The van der Waals surface area contributed by atoms with E-state index < -0.39 is 47.3 Å². The summed E-state index contributed by atoms with van der Waals surface area (Å²) in [7, 11) is 1.69. The van der Waals surface area contributed by atoms with Crippen LogP contribution in [-0.2, 0) is 33.4 Å². The molecule has 5 rings (SSSR count). The molecule has 2 saturated heterocycles. The lowest BCUT2D eigenvalue weighted by molar-refractivity contribution is -0.165. The van der Waals surface area contributed by atoms with Crippen LogP contribution in [0.3, 0.4) is 0 Å². The van der Waals surface area contributed by atoms with Gasteiger partial charge in [-0.15, -0.1) is 0 Å². The average molecular weight is 706 g/mol. The molecule has 4 amide bonds. The number of carbonyl (C=O) groups is 5. The molecule has 2 fully saturated rings. The Morgan fingerprint density at radius 2 is 1.80 bits per heavy atom. The smallest absolute Gasteiger partial charge is 0.316 e. The second kappa shape index (κ2) is 16.6. The summed E-state index contributed by atoms with van der Waals surface area (Å²) in [4.78, 5) is 72.5. The van der Waals surface area contributed by atoms with E-state index in [0.29, 0.717) is 56.4 Å². The first-order chi connectivity index (χ1) is 24.3. The van der Waals surface area contributed by atoms with Gasteiger partial charge >= 0.3 is 5.97 Å². The van der Waals surface area contributed by atoms with E-state index in [-0.39, 0.29) is 24.7 Å². The molecule has 5 bridgehead atoms. The third-order valence-electron chi connectivity index (χ3n) is 9.61. The van der Waals surface area contributed by atoms with Crippen LogP contribution in [0.4, 0.5) is 5.82 Å². The number of ether oxygens (including phenoxy) is 2. The van der Waals surface area contributed by atoms with Crippen molar-refractivity contribution in [2.45, 2.75) is 84.4 Å². The molecule has 3 atom stereocenters. The topological polar surface area (TPSA) is 171 Å². The fourth-order valence-electron chi connectivity index (χ4n) is 6.25. The molecular formula is C37H51N7O7. The molecule has 14 nitrogen and oxygen atoms in total. The highest BCUT2D eigenvalue weighted by molar-refractivity contribution is 5.92. The predicted octanol–water partition coefficient (Wildman–Crippen LogP) is 2.63. The van der Waals surface area contributed by atoms with Crippen LogP contribution in [0.5, 0.6) is 0 Å². The number of hydrogen-bond donors (Lipinski definition) is 4. The summed E-state index contributed by atoms with van der Waals surface area (Å²) < 4.78 is 11.2. The molecule has 51 heavy (non-hydrogen) atoms. The van der Waals surface area contributed by atoms with Gasteiger partial charge in [-0.3, -0.25) is 39.4 Å². The van der Waals surface area contributed by atoms with Gasteiger partial charge in [-0.25, -0.2) is 10.4 Å². The minimum absolute atomic E-state index is 0.00157. The molecule has 4 heterocycles. The number of esters is 1. The Bertz CT molecular complexity index is 1640. The van der Waals surface area contributed by atoms with Crippen LogP contribution in [0, 0.1) is 17.3 Å². The fourth-order valence-corrected chi connectivity index (χ4v) is 6.25. The van der Waals surface area contributed by atoms with Gasteiger partial charge < -0.3 is 20.1 Å². The molecule has 0 unspecified atom stereocenters. The van der Waals surface area contributed by atoms with Crippen LogP contribution >= 0.6 is 0 Å². The fraction of sp³-hybridized carbons (Fsp3) is 0.568. The van der Waals surface area contributed by atoms with Gasteiger partial charge in [0.05, 0.1) is 10.9 Å². The lowest BCUT2D eigenvalue weighted by Crippen LogP contribution is -2.62. The minimum Gasteiger partial charge on any atom is -0.451 e. The highest BCUT2D eigenvalue weighted by Crippen LogP contribution is 2.26. The van der Waals surface area contributed by atoms with E-state index in [4.69, 9.17) is 14.5 Å². The molecule has 0 saturated carbocycles. The zero-order valence-corrected chi connectivity index (χ0v) is 30.2. The van der Waals surface area contributed by atoms with Crippen molar-refractivity contribution < 1.29 is 33.4 Å². The Morgan fingerprint density at radius 1 is 1.06 bits per heavy atom. The van der Waals surface area contributed by atoms with Gasteiger partial charge in [-0.1, -0.05) is 38.1 Å². The number of nitrogens with one attached hydrogen (secondary N) is 4. The van der Waals surface area contributed by atoms with Crippen LogP contribution in [-0.4, -0.2) is 91.1 Å². The molecule has 0 radical (unpaired) electrons. The van der Waals surface area contributed by atoms with Crippen molar-refractivity contribution in [3.05, 3.63) is 42.0 Å². The van der Waals surface area contributed by atoms with Gasteiger partial charge in [0, 0.05) is 45.2 Å². The number of fused-ring (bicyclic) bond motifs is 4. The minimum atomic E-state index is -1.21. The van der Waals surface area contributed by atoms with Crippen LogP contribution in [0.25, 0.3) is 17.0 Å². The van der Waals surface area contributed by atoms with Crippen molar-refractivity contribution >= 4 is 52.4 Å². The number of cyclic esters (lactones) is 1. The average Bonchev–Trinajstić information content (AvgIpc) is 3.12. The molecule has 2 aromatic rings. The van der Waals surface area contributed by atoms with Crippen LogP contribution in [0.1, 0.15) is 71.8 Å². The number of amides is 4. The standard InChI is InChI=1S/C37H51N7O7/c1-23(2)32-34(47)40-28(11-13-31(45)38-22-25-15-19-50-20-16-25)35(48)44-18-6-7-27(41-44)33(46)42-43(5)30-12-10-26-9-8-24(21-29(26)39-30)14-17-37(3,4)36(49)51-32/h8-10,12,14,17,21,23,25,27-28,32,41H,6-7,11,13,15-16,18-20,22H2,1-5H3,(H,38,45)(H,40,47)(H,42,46)/b17-14+/t27-,28-,32-/m0/s1. The Morgan fingerprint density at radius 3 is 2.55 bits per heavy atom. The molecule has 4 N–H and O–H groups in total. The molecule has 276 valence electrons. The molecule has 0 aliphatic carbocycles. The Balaban J connectivity index is 1.41. The van der Waals surface area contributed by atoms with Crippen LogP contribution in [0.2, 0.25) is 0 Å². The maximum absolute atomic E-state index is 14.1. The Kier molecular flexibility index (Phi) is 12.3. The lowest BCUT2D eigenvalue weighted by atomic mass is 9.92. The maximum atomic E-state index is 14.1. The SMILES string of the molecule is CC(C)[C@@H]1OC(=O)C(C)(C)/C=C/c2ccc3ccc(nc3c2)N(C)NC(=O)[C@@H]2CCCN(N2)C(=O)[C@H](CCC(=O)NCC2CCOCC2)NC1=O. The van der Waals surface area contributed by atoms with Gasteiger partial charge in [0.25, 0.3) is 17.7 Å². The van der Waals surface area contributed by atoms with Crippen molar-refractivity contribution in [3.8, 4) is 0 Å². The molecule has 14 heteroatoms. The first-order valence-electron chi connectivity index (χ1n) is 17.9. The summed E-state index contributed by atoms with van der Waals surface area (Å²) in [5, 5.41) is 9.50. The second-order valence-corrected chi connectivity index (χ2v) is 14.6. The normalized spacial score (nSPS) is 24.5. The summed E-state index contributed by atoms with van der Waals surface area (Å²) in [6.07, 6.45) is 5.02. The summed E-state index contributed by atoms with van der Waals surface area (Å²) in [5.41, 5.74) is 6.28. The van der Waals surface area contributed by atoms with E-state index in [1.54, 1.807) is 53.0 Å². The zero-order valence-electron chi connectivity index (χ0n) is 30.2. The van der Waals surface area contributed by atoms with Crippen molar-refractivity contribution in [2.75, 3.05) is 38.4 Å². The number of aromatic nitrogens is 1. The number of nitrogens with zero attached hydrogens (tertiary/aromatic N) is 3. The zero-order chi connectivity index (χ0) is 36.7. The van der Waals surface area contributed by atoms with Crippen LogP contribution in [0.15, 0.2) is 36.4 Å². The number of benzene rings is 1. The number of carbonyl (C=O) groups excluding carboxylic acids is 5. The summed E-state index contributed by atoms with van der Waals surface area (Å²) in [5.74, 6) is -1.95. The van der Waals surface area contributed by atoms with Gasteiger partial charge in [0.1, 0.15) is 17.9 Å². The summed E-state index contributed by atoms with van der Waals surface area (Å²) in [6, 6.07) is 7.55. The maximum Gasteiger partial charge on any atom is 0.316 e. The van der Waals surface area contributed by atoms with Gasteiger partial charge in [-0.2, -0.15) is 0 Å². The molecule has 0 spiro atoms. The Hall–Kier alpha value is -4.56. The van der Waals surface area contributed by atoms with Crippen molar-refractivity contribution in [1.82, 2.24) is 31.5 Å². The van der Waals surface area contributed by atoms with Crippen molar-refractivity contribution in [1.29, 1.82) is 0 Å². The van der Waals surface area contributed by atoms with Gasteiger partial charge in [0.15, 0.2) is 6.10 Å². The highest BCUT2D eigenvalue weighted by Gasteiger charge is 2.37. The van der Waals surface area contributed by atoms with E-state index in [0.717, 1.165) is 23.8 Å². The van der Waals surface area contributed by atoms with Crippen molar-refractivity contribution in [3.63, 3.8) is 0 Å². The van der Waals surface area contributed by atoms with Crippen molar-refractivity contribution in [2.24, 2.45) is 17.3 Å². The summed E-state index contributed by atoms with van der Waals surface area (Å²) in [6.45, 7) is 9.04. The van der Waals surface area contributed by atoms with E-state index in [1.807, 2.05) is 24.3 Å². The monoisotopic (exact) mass is 705 g/mol. The number of pyridine rings is 1. The molecule has 1 aromatic heterocycles. The largest absolute Gasteiger partial charge is 0.451 e. The Labute approximate surface area is 299 Å². The van der Waals surface area contributed by atoms with E-state index in [9.17, 15) is 24.0 Å². The molecule has 3 aliphatic rings. The number of hydrogen-bond acceptors (Lipinski definition) is 10. The van der Waals surface area contributed by atoms with Gasteiger partial charge in [0.2, 0.25) is 5.91 Å². The quantitative estimate of drug-likeness (QED) is 0.328. The first-order valence-corrected chi connectivity index (χ1v) is 17.9. The summed E-state index contributed by atoms with van der Waals surface area (Å²) >= 11 is 0.